The Morgan fingerprint density at radius 2 is 1.41 bits per heavy atom. The highest BCUT2D eigenvalue weighted by molar-refractivity contribution is 5.82. The van der Waals surface area contributed by atoms with Gasteiger partial charge in [-0.15, -0.1) is 0 Å². The molecule has 2 fully saturated rings. The summed E-state index contributed by atoms with van der Waals surface area (Å²) in [5, 5.41) is 0. The van der Waals surface area contributed by atoms with Gasteiger partial charge in [-0.3, -0.25) is 0 Å². The SMILES string of the molecule is CC1CCCCN1CCCN1CCC(=C(c2ccccc2)c2ccccc2)CC1. The number of piperidine rings is 2. The fraction of sp³-hybridized carbons (Fsp3) is 0.481. The minimum absolute atomic E-state index is 0.791. The van der Waals surface area contributed by atoms with E-state index in [-0.39, 0.29) is 0 Å². The molecule has 1 unspecified atom stereocenters. The van der Waals surface area contributed by atoms with Crippen LogP contribution in [0.1, 0.15) is 56.6 Å². The van der Waals surface area contributed by atoms with Crippen molar-refractivity contribution >= 4 is 5.57 Å². The molecule has 154 valence electrons. The van der Waals surface area contributed by atoms with E-state index < -0.39 is 0 Å². The van der Waals surface area contributed by atoms with Crippen molar-refractivity contribution in [2.45, 2.75) is 51.5 Å². The van der Waals surface area contributed by atoms with E-state index in [4.69, 9.17) is 0 Å². The fourth-order valence-electron chi connectivity index (χ4n) is 5.07. The Kier molecular flexibility index (Phi) is 7.18. The van der Waals surface area contributed by atoms with Crippen molar-refractivity contribution in [3.8, 4) is 0 Å². The van der Waals surface area contributed by atoms with Gasteiger partial charge in [-0.1, -0.05) is 72.7 Å². The number of rotatable bonds is 6. The molecule has 2 nitrogen and oxygen atoms in total. The Morgan fingerprint density at radius 3 is 2.00 bits per heavy atom. The maximum atomic E-state index is 2.71. The summed E-state index contributed by atoms with van der Waals surface area (Å²) in [6.45, 7) is 8.65. The lowest BCUT2D eigenvalue weighted by atomic mass is 9.88. The van der Waals surface area contributed by atoms with E-state index in [1.54, 1.807) is 5.57 Å². The molecule has 2 saturated heterocycles. The molecule has 29 heavy (non-hydrogen) atoms. The van der Waals surface area contributed by atoms with Gasteiger partial charge in [-0.05, 0) is 75.4 Å². The number of nitrogens with zero attached hydrogens (tertiary/aromatic N) is 2. The Bertz CT molecular complexity index is 729. The van der Waals surface area contributed by atoms with Gasteiger partial charge in [0.05, 0.1) is 0 Å². The first-order valence-corrected chi connectivity index (χ1v) is 11.6. The van der Waals surface area contributed by atoms with Crippen LogP contribution in [-0.2, 0) is 0 Å². The number of likely N-dealkylation sites (tertiary alicyclic amines) is 2. The lowest BCUT2D eigenvalue weighted by Gasteiger charge is -2.35. The van der Waals surface area contributed by atoms with Crippen LogP contribution in [-0.4, -0.2) is 48.6 Å². The highest BCUT2D eigenvalue weighted by Gasteiger charge is 2.20. The molecule has 0 spiro atoms. The molecule has 2 aromatic rings. The summed E-state index contributed by atoms with van der Waals surface area (Å²) < 4.78 is 0. The van der Waals surface area contributed by atoms with E-state index >= 15 is 0 Å². The molecule has 0 saturated carbocycles. The fourth-order valence-corrected chi connectivity index (χ4v) is 5.07. The third-order valence-electron chi connectivity index (χ3n) is 6.80. The van der Waals surface area contributed by atoms with E-state index in [0.29, 0.717) is 0 Å². The van der Waals surface area contributed by atoms with Crippen LogP contribution in [0.2, 0.25) is 0 Å². The first-order valence-electron chi connectivity index (χ1n) is 11.6. The Hall–Kier alpha value is -1.90. The smallest absolute Gasteiger partial charge is 0.00669 e. The second kappa shape index (κ2) is 10.2. The van der Waals surface area contributed by atoms with Crippen LogP contribution in [0, 0.1) is 0 Å². The molecule has 2 heteroatoms. The van der Waals surface area contributed by atoms with Gasteiger partial charge < -0.3 is 9.80 Å². The van der Waals surface area contributed by atoms with Gasteiger partial charge in [0.25, 0.3) is 0 Å². The summed E-state index contributed by atoms with van der Waals surface area (Å²) in [5.74, 6) is 0. The Morgan fingerprint density at radius 1 is 0.793 bits per heavy atom. The summed E-state index contributed by atoms with van der Waals surface area (Å²) in [5.41, 5.74) is 5.82. The predicted molar refractivity (Wildman–Crippen MR) is 124 cm³/mol. The van der Waals surface area contributed by atoms with Crippen LogP contribution in [0.15, 0.2) is 66.2 Å². The largest absolute Gasteiger partial charge is 0.303 e. The highest BCUT2D eigenvalue weighted by Crippen LogP contribution is 2.32. The van der Waals surface area contributed by atoms with Gasteiger partial charge in [0, 0.05) is 19.1 Å². The molecule has 0 radical (unpaired) electrons. The molecule has 2 aromatic carbocycles. The van der Waals surface area contributed by atoms with Crippen LogP contribution < -0.4 is 0 Å². The minimum atomic E-state index is 0.791. The zero-order valence-corrected chi connectivity index (χ0v) is 18.0. The zero-order chi connectivity index (χ0) is 19.9. The minimum Gasteiger partial charge on any atom is -0.303 e. The molecular formula is C27H36N2. The van der Waals surface area contributed by atoms with Gasteiger partial charge in [0.15, 0.2) is 0 Å². The van der Waals surface area contributed by atoms with Gasteiger partial charge in [-0.2, -0.15) is 0 Å². The van der Waals surface area contributed by atoms with Crippen LogP contribution >= 0.6 is 0 Å². The molecule has 0 N–H and O–H groups in total. The third-order valence-corrected chi connectivity index (χ3v) is 6.80. The van der Waals surface area contributed by atoms with Crippen molar-refractivity contribution in [1.82, 2.24) is 9.80 Å². The van der Waals surface area contributed by atoms with Crippen molar-refractivity contribution < 1.29 is 0 Å². The van der Waals surface area contributed by atoms with Crippen molar-refractivity contribution in [2.24, 2.45) is 0 Å². The van der Waals surface area contributed by atoms with Gasteiger partial charge in [0.2, 0.25) is 0 Å². The van der Waals surface area contributed by atoms with Crippen molar-refractivity contribution in [3.05, 3.63) is 77.4 Å². The topological polar surface area (TPSA) is 6.48 Å². The molecule has 2 aliphatic heterocycles. The molecule has 0 aromatic heterocycles. The van der Waals surface area contributed by atoms with Crippen molar-refractivity contribution in [1.29, 1.82) is 0 Å². The second-order valence-electron chi connectivity index (χ2n) is 8.79. The normalized spacial score (nSPS) is 21.3. The number of hydrogen-bond donors (Lipinski definition) is 0. The molecule has 0 aliphatic carbocycles. The molecule has 0 bridgehead atoms. The quantitative estimate of drug-likeness (QED) is 0.612. The summed E-state index contributed by atoms with van der Waals surface area (Å²) in [6, 6.07) is 22.7. The predicted octanol–water partition coefficient (Wildman–Crippen LogP) is 5.85. The average molecular weight is 389 g/mol. The Labute approximate surface area is 177 Å². The zero-order valence-electron chi connectivity index (χ0n) is 18.0. The van der Waals surface area contributed by atoms with Crippen molar-refractivity contribution in [3.63, 3.8) is 0 Å². The molecule has 2 heterocycles. The van der Waals surface area contributed by atoms with E-state index in [9.17, 15) is 0 Å². The maximum absolute atomic E-state index is 2.71. The molecule has 0 amide bonds. The van der Waals surface area contributed by atoms with Gasteiger partial charge in [0.1, 0.15) is 0 Å². The first kappa shape index (κ1) is 20.4. The molecule has 2 aliphatic rings. The Balaban J connectivity index is 1.38. The standard InChI is InChI=1S/C27H36N2/c1-23-11-8-9-19-29(23)20-10-18-28-21-16-26(17-22-28)27(24-12-4-2-5-13-24)25-14-6-3-7-15-25/h2-7,12-15,23H,8-11,16-22H2,1H3. The lowest BCUT2D eigenvalue weighted by Crippen LogP contribution is -2.40. The summed E-state index contributed by atoms with van der Waals surface area (Å²) in [7, 11) is 0. The van der Waals surface area contributed by atoms with Crippen molar-refractivity contribution in [2.75, 3.05) is 32.7 Å². The van der Waals surface area contributed by atoms with Crippen LogP contribution in [0.25, 0.3) is 5.57 Å². The number of hydrogen-bond acceptors (Lipinski definition) is 2. The van der Waals surface area contributed by atoms with E-state index in [1.807, 2.05) is 0 Å². The maximum Gasteiger partial charge on any atom is 0.00669 e. The average Bonchev–Trinajstić information content (AvgIpc) is 2.78. The first-order chi connectivity index (χ1) is 14.3. The van der Waals surface area contributed by atoms with E-state index in [2.05, 4.69) is 77.4 Å². The second-order valence-corrected chi connectivity index (χ2v) is 8.79. The molecular weight excluding hydrogens is 352 g/mol. The van der Waals surface area contributed by atoms with E-state index in [1.165, 1.54) is 87.9 Å². The van der Waals surface area contributed by atoms with E-state index in [0.717, 1.165) is 6.04 Å². The van der Waals surface area contributed by atoms with Gasteiger partial charge >= 0.3 is 0 Å². The summed E-state index contributed by atoms with van der Waals surface area (Å²) >= 11 is 0. The summed E-state index contributed by atoms with van der Waals surface area (Å²) in [6.07, 6.45) is 7.90. The van der Waals surface area contributed by atoms with Gasteiger partial charge in [-0.25, -0.2) is 0 Å². The van der Waals surface area contributed by atoms with Crippen LogP contribution in [0.3, 0.4) is 0 Å². The highest BCUT2D eigenvalue weighted by atomic mass is 15.2. The third kappa shape index (κ3) is 5.38. The summed E-state index contributed by atoms with van der Waals surface area (Å²) in [4.78, 5) is 5.40. The number of benzene rings is 2. The molecule has 1 atom stereocenters. The lowest BCUT2D eigenvalue weighted by molar-refractivity contribution is 0.147. The monoisotopic (exact) mass is 388 g/mol. The molecule has 4 rings (SSSR count). The van der Waals surface area contributed by atoms with Crippen LogP contribution in [0.5, 0.6) is 0 Å². The van der Waals surface area contributed by atoms with Crippen LogP contribution in [0.4, 0.5) is 0 Å².